The van der Waals surface area contributed by atoms with E-state index in [0.717, 1.165) is 28.1 Å². The van der Waals surface area contributed by atoms with E-state index in [1.807, 2.05) is 47.9 Å². The number of anilines is 1. The average Bonchev–Trinajstić information content (AvgIpc) is 2.90. The number of benzene rings is 2. The Bertz CT molecular complexity index is 1470. The molecule has 3 aromatic rings. The Balaban J connectivity index is 1.38. The number of fused-ring (bicyclic) bond motifs is 4. The number of carbonyl (C=O) groups is 3. The van der Waals surface area contributed by atoms with Gasteiger partial charge < -0.3 is 9.47 Å². The number of piperidine rings is 1. The van der Waals surface area contributed by atoms with E-state index in [2.05, 4.69) is 10.2 Å². The molecular weight excluding hydrogens is 480 g/mol. The number of aromatic nitrogens is 1. The molecule has 4 amide bonds. The Kier molecular flexibility index (Phi) is 5.99. The second-order valence-electron chi connectivity index (χ2n) is 10.9. The van der Waals surface area contributed by atoms with E-state index in [4.69, 9.17) is 0 Å². The second-order valence-corrected chi connectivity index (χ2v) is 10.9. The smallest absolute Gasteiger partial charge is 0.312 e. The molecule has 2 aromatic carbocycles. The molecule has 0 spiro atoms. The number of urea groups is 1. The maximum Gasteiger partial charge on any atom is 0.335 e. The van der Waals surface area contributed by atoms with Crippen LogP contribution in [0.3, 0.4) is 0 Å². The van der Waals surface area contributed by atoms with Crippen molar-refractivity contribution in [1.29, 1.82) is 0 Å². The molecule has 2 fully saturated rings. The molecule has 0 radical (unpaired) electrons. The van der Waals surface area contributed by atoms with Gasteiger partial charge >= 0.3 is 6.03 Å². The summed E-state index contributed by atoms with van der Waals surface area (Å²) in [7, 11) is 0. The quantitative estimate of drug-likeness (QED) is 0.533. The number of hydrogen-bond donors (Lipinski definition) is 1. The van der Waals surface area contributed by atoms with E-state index in [9.17, 15) is 19.2 Å². The molecule has 2 bridgehead atoms. The summed E-state index contributed by atoms with van der Waals surface area (Å²) in [5.74, 6) is -0.689. The highest BCUT2D eigenvalue weighted by Gasteiger charge is 2.55. The Morgan fingerprint density at radius 1 is 0.868 bits per heavy atom. The summed E-state index contributed by atoms with van der Waals surface area (Å²) < 4.78 is 1.87. The Morgan fingerprint density at radius 3 is 2.39 bits per heavy atom. The lowest BCUT2D eigenvalue weighted by Gasteiger charge is -2.47. The maximum absolute atomic E-state index is 14.3. The summed E-state index contributed by atoms with van der Waals surface area (Å²) in [5, 5.41) is 2.50. The number of nitrogens with zero attached hydrogens (tertiary/aromatic N) is 3. The van der Waals surface area contributed by atoms with Gasteiger partial charge in [0.25, 0.3) is 11.5 Å². The molecule has 0 unspecified atom stereocenters. The van der Waals surface area contributed by atoms with Gasteiger partial charge in [-0.3, -0.25) is 19.7 Å². The molecule has 8 nitrogen and oxygen atoms in total. The third-order valence-corrected chi connectivity index (χ3v) is 8.16. The lowest BCUT2D eigenvalue weighted by atomic mass is 9.75. The summed E-state index contributed by atoms with van der Waals surface area (Å²) in [4.78, 5) is 56.7. The van der Waals surface area contributed by atoms with Crippen LogP contribution in [-0.2, 0) is 22.6 Å². The van der Waals surface area contributed by atoms with Crippen molar-refractivity contribution < 1.29 is 14.4 Å². The van der Waals surface area contributed by atoms with Crippen LogP contribution in [0.25, 0.3) is 0 Å². The first-order valence-electron chi connectivity index (χ1n) is 13.1. The molecule has 2 saturated heterocycles. The number of carbonyl (C=O) groups excluding carboxylic acids is 3. The number of barbiturate groups is 1. The molecule has 6 rings (SSSR count). The van der Waals surface area contributed by atoms with Crippen LogP contribution in [0, 0.1) is 18.3 Å². The van der Waals surface area contributed by atoms with Crippen molar-refractivity contribution in [2.75, 3.05) is 24.5 Å². The monoisotopic (exact) mass is 510 g/mol. The number of hydrogen-bond acceptors (Lipinski definition) is 5. The summed E-state index contributed by atoms with van der Waals surface area (Å²) in [6.45, 7) is 4.11. The molecule has 194 valence electrons. The topological polar surface area (TPSA) is 91.7 Å². The third kappa shape index (κ3) is 4.15. The van der Waals surface area contributed by atoms with E-state index in [0.29, 0.717) is 25.3 Å². The molecule has 0 saturated carbocycles. The predicted octanol–water partition coefficient (Wildman–Crippen LogP) is 3.09. The summed E-state index contributed by atoms with van der Waals surface area (Å²) >= 11 is 0. The summed E-state index contributed by atoms with van der Waals surface area (Å²) in [5.41, 5.74) is 1.91. The fourth-order valence-electron chi connectivity index (χ4n) is 6.40. The maximum atomic E-state index is 14.3. The molecule has 1 aromatic heterocycles. The molecule has 3 aliphatic rings. The van der Waals surface area contributed by atoms with E-state index in [1.54, 1.807) is 36.4 Å². The van der Waals surface area contributed by atoms with Crippen LogP contribution in [0.15, 0.2) is 77.6 Å². The van der Waals surface area contributed by atoms with Crippen LogP contribution in [-0.4, -0.2) is 46.9 Å². The Labute approximate surface area is 220 Å². The zero-order valence-corrected chi connectivity index (χ0v) is 21.3. The van der Waals surface area contributed by atoms with Crippen LogP contribution in [0.1, 0.15) is 29.2 Å². The van der Waals surface area contributed by atoms with Gasteiger partial charge in [-0.25, -0.2) is 9.69 Å². The standard InChI is InChI=1S/C30H30N4O4/c1-20-10-12-21(13-11-20)15-30(27(36)31-29(38)34(28(30)37)24-6-3-2-4-7-24)19-32-16-22-14-23(18-32)25-8-5-9-26(35)33(25)17-22/h2-13,22-23H,14-19H2,1H3,(H,31,36,38)/t22-,23+,30+/m0/s1. The molecule has 3 aliphatic heterocycles. The number of amides is 4. The zero-order valence-electron chi connectivity index (χ0n) is 21.3. The lowest BCUT2D eigenvalue weighted by Crippen LogP contribution is -2.68. The van der Waals surface area contributed by atoms with Crippen LogP contribution >= 0.6 is 0 Å². The number of para-hydroxylation sites is 1. The van der Waals surface area contributed by atoms with Crippen LogP contribution in [0.2, 0.25) is 0 Å². The lowest BCUT2D eigenvalue weighted by molar-refractivity contribution is -0.144. The first-order chi connectivity index (χ1) is 18.3. The second kappa shape index (κ2) is 9.36. The van der Waals surface area contributed by atoms with Crippen molar-refractivity contribution in [2.45, 2.75) is 32.2 Å². The normalized spacial score (nSPS) is 25.2. The number of imide groups is 2. The van der Waals surface area contributed by atoms with Gasteiger partial charge in [0.05, 0.1) is 5.69 Å². The first-order valence-corrected chi connectivity index (χ1v) is 13.1. The highest BCUT2D eigenvalue weighted by atomic mass is 16.2. The van der Waals surface area contributed by atoms with Crippen molar-refractivity contribution in [2.24, 2.45) is 11.3 Å². The zero-order chi connectivity index (χ0) is 26.4. The van der Waals surface area contributed by atoms with Crippen molar-refractivity contribution in [3.05, 3.63) is 100.0 Å². The summed E-state index contributed by atoms with van der Waals surface area (Å²) in [6.07, 6.45) is 1.15. The molecule has 0 aliphatic carbocycles. The third-order valence-electron chi connectivity index (χ3n) is 8.16. The van der Waals surface area contributed by atoms with Crippen molar-refractivity contribution in [3.8, 4) is 0 Å². The molecule has 8 heteroatoms. The van der Waals surface area contributed by atoms with Crippen LogP contribution in [0.5, 0.6) is 0 Å². The Morgan fingerprint density at radius 2 is 1.63 bits per heavy atom. The average molecular weight is 511 g/mol. The van der Waals surface area contributed by atoms with Crippen molar-refractivity contribution in [1.82, 2.24) is 14.8 Å². The fraction of sp³-hybridized carbons (Fsp3) is 0.333. The molecule has 4 heterocycles. The molecular formula is C30H30N4O4. The van der Waals surface area contributed by atoms with Gasteiger partial charge in [-0.15, -0.1) is 0 Å². The largest absolute Gasteiger partial charge is 0.335 e. The van der Waals surface area contributed by atoms with Crippen molar-refractivity contribution >= 4 is 23.5 Å². The van der Waals surface area contributed by atoms with E-state index in [-0.39, 0.29) is 30.4 Å². The van der Waals surface area contributed by atoms with E-state index >= 15 is 0 Å². The number of nitrogens with one attached hydrogen (secondary N) is 1. The fourth-order valence-corrected chi connectivity index (χ4v) is 6.40. The van der Waals surface area contributed by atoms with Crippen LogP contribution in [0.4, 0.5) is 10.5 Å². The van der Waals surface area contributed by atoms with Gasteiger partial charge in [0, 0.05) is 43.9 Å². The minimum Gasteiger partial charge on any atom is -0.312 e. The number of pyridine rings is 1. The van der Waals surface area contributed by atoms with Gasteiger partial charge in [0.1, 0.15) is 5.41 Å². The van der Waals surface area contributed by atoms with E-state index in [1.165, 1.54) is 0 Å². The molecule has 3 atom stereocenters. The highest BCUT2D eigenvalue weighted by molar-refractivity contribution is 6.30. The number of aryl methyl sites for hydroxylation is 1. The van der Waals surface area contributed by atoms with Crippen LogP contribution < -0.4 is 15.8 Å². The number of likely N-dealkylation sites (tertiary alicyclic amines) is 1. The van der Waals surface area contributed by atoms with E-state index < -0.39 is 23.3 Å². The summed E-state index contributed by atoms with van der Waals surface area (Å²) in [6, 6.07) is 21.2. The molecule has 38 heavy (non-hydrogen) atoms. The van der Waals surface area contributed by atoms with Gasteiger partial charge in [0.15, 0.2) is 0 Å². The first kappa shape index (κ1) is 24.3. The molecule has 1 N–H and O–H groups in total. The van der Waals surface area contributed by atoms with Gasteiger partial charge in [-0.1, -0.05) is 54.1 Å². The Hall–Kier alpha value is -4.04. The SMILES string of the molecule is Cc1ccc(C[C@@]2(CN3C[C@@H]4C[C@H](C3)c3cccc(=O)n3C4)C(=O)NC(=O)N(c3ccccc3)C2=O)cc1. The minimum absolute atomic E-state index is 0.0142. The highest BCUT2D eigenvalue weighted by Crippen LogP contribution is 2.39. The van der Waals surface area contributed by atoms with Gasteiger partial charge in [-0.2, -0.15) is 0 Å². The number of rotatable bonds is 5. The van der Waals surface area contributed by atoms with Gasteiger partial charge in [0.2, 0.25) is 5.91 Å². The predicted molar refractivity (Wildman–Crippen MR) is 143 cm³/mol. The minimum atomic E-state index is -1.49. The van der Waals surface area contributed by atoms with Gasteiger partial charge in [-0.05, 0) is 49.4 Å². The van der Waals surface area contributed by atoms with Crippen molar-refractivity contribution in [3.63, 3.8) is 0 Å².